The van der Waals surface area contributed by atoms with Crippen molar-refractivity contribution in [1.82, 2.24) is 4.90 Å². The Balaban J connectivity index is 2.19. The number of carbonyl (C=O) groups excluding carboxylic acids is 1. The van der Waals surface area contributed by atoms with Gasteiger partial charge in [-0.3, -0.25) is 4.79 Å². The third-order valence-corrected chi connectivity index (χ3v) is 4.01. The maximum Gasteiger partial charge on any atom is 0.325 e. The molecule has 0 aliphatic carbocycles. The summed E-state index contributed by atoms with van der Waals surface area (Å²) in [6, 6.07) is 0. The van der Waals surface area contributed by atoms with E-state index in [1.807, 2.05) is 0 Å². The van der Waals surface area contributed by atoms with Crippen LogP contribution in [0.5, 0.6) is 0 Å². The fourth-order valence-electron chi connectivity index (χ4n) is 2.62. The zero-order valence-corrected chi connectivity index (χ0v) is 13.2. The minimum atomic E-state index is -0.861. The number of esters is 1. The van der Waals surface area contributed by atoms with Crippen LogP contribution in [0.4, 0.5) is 0 Å². The Hall–Kier alpha value is -0.650. The lowest BCUT2D eigenvalue weighted by Gasteiger charge is -2.25. The van der Waals surface area contributed by atoms with Crippen molar-refractivity contribution >= 4 is 5.97 Å². The minimum absolute atomic E-state index is 0.329. The van der Waals surface area contributed by atoms with E-state index in [1.165, 1.54) is 20.0 Å². The van der Waals surface area contributed by atoms with Gasteiger partial charge in [0.2, 0.25) is 0 Å². The Bertz CT molecular complexity index is 289. The van der Waals surface area contributed by atoms with Crippen molar-refractivity contribution in [2.75, 3.05) is 33.4 Å². The van der Waals surface area contributed by atoms with E-state index in [4.69, 9.17) is 15.2 Å². The van der Waals surface area contributed by atoms with E-state index < -0.39 is 5.54 Å². The summed E-state index contributed by atoms with van der Waals surface area (Å²) in [5.74, 6) is -0.329. The van der Waals surface area contributed by atoms with E-state index in [0.717, 1.165) is 39.1 Å². The molecule has 1 aliphatic heterocycles. The van der Waals surface area contributed by atoms with Crippen molar-refractivity contribution in [2.45, 2.75) is 57.6 Å². The zero-order chi connectivity index (χ0) is 15.0. The second-order valence-electron chi connectivity index (χ2n) is 5.89. The Morgan fingerprint density at radius 2 is 2.25 bits per heavy atom. The number of nitrogens with zero attached hydrogens (tertiary/aromatic N) is 1. The van der Waals surface area contributed by atoms with Crippen LogP contribution in [0.25, 0.3) is 0 Å². The largest absolute Gasteiger partial charge is 0.468 e. The molecular formula is C15H30N2O3. The number of hydrogen-bond acceptors (Lipinski definition) is 5. The Kier molecular flexibility index (Phi) is 7.48. The molecule has 5 heteroatoms. The van der Waals surface area contributed by atoms with Gasteiger partial charge in [-0.05, 0) is 52.1 Å². The molecule has 1 aliphatic rings. The first kappa shape index (κ1) is 17.4. The molecule has 1 heterocycles. The van der Waals surface area contributed by atoms with E-state index in [1.54, 1.807) is 6.92 Å². The van der Waals surface area contributed by atoms with Crippen molar-refractivity contribution in [3.63, 3.8) is 0 Å². The summed E-state index contributed by atoms with van der Waals surface area (Å²) in [4.78, 5) is 13.9. The smallest absolute Gasteiger partial charge is 0.325 e. The number of methoxy groups -OCH3 is 1. The molecule has 0 saturated carbocycles. The molecule has 2 N–H and O–H groups in total. The van der Waals surface area contributed by atoms with E-state index in [-0.39, 0.29) is 5.97 Å². The summed E-state index contributed by atoms with van der Waals surface area (Å²) in [6.45, 7) is 7.92. The predicted octanol–water partition coefficient (Wildman–Crippen LogP) is 1.55. The van der Waals surface area contributed by atoms with E-state index in [9.17, 15) is 4.79 Å². The van der Waals surface area contributed by atoms with Crippen molar-refractivity contribution in [3.05, 3.63) is 0 Å². The highest BCUT2D eigenvalue weighted by Gasteiger charge is 2.28. The predicted molar refractivity (Wildman–Crippen MR) is 79.5 cm³/mol. The van der Waals surface area contributed by atoms with Gasteiger partial charge in [0.1, 0.15) is 5.54 Å². The molecule has 0 bridgehead atoms. The molecule has 2 atom stereocenters. The van der Waals surface area contributed by atoms with Crippen LogP contribution >= 0.6 is 0 Å². The van der Waals surface area contributed by atoms with Gasteiger partial charge in [0.05, 0.1) is 13.2 Å². The Labute approximate surface area is 122 Å². The van der Waals surface area contributed by atoms with Crippen LogP contribution in [0, 0.1) is 0 Å². The van der Waals surface area contributed by atoms with Gasteiger partial charge in [0.25, 0.3) is 0 Å². The van der Waals surface area contributed by atoms with Crippen LogP contribution in [0.3, 0.4) is 0 Å². The molecular weight excluding hydrogens is 256 g/mol. The maximum absolute atomic E-state index is 11.5. The topological polar surface area (TPSA) is 64.8 Å². The first-order valence-electron chi connectivity index (χ1n) is 7.71. The molecule has 0 amide bonds. The molecule has 20 heavy (non-hydrogen) atoms. The third-order valence-electron chi connectivity index (χ3n) is 4.01. The highest BCUT2D eigenvalue weighted by molar-refractivity contribution is 5.79. The number of rotatable bonds is 9. The lowest BCUT2D eigenvalue weighted by Crippen LogP contribution is -2.45. The summed E-state index contributed by atoms with van der Waals surface area (Å²) >= 11 is 0. The monoisotopic (exact) mass is 286 g/mol. The van der Waals surface area contributed by atoms with Gasteiger partial charge in [-0.1, -0.05) is 6.92 Å². The Morgan fingerprint density at radius 1 is 1.50 bits per heavy atom. The van der Waals surface area contributed by atoms with Gasteiger partial charge < -0.3 is 20.1 Å². The lowest BCUT2D eigenvalue weighted by molar-refractivity contribution is -0.146. The standard InChI is InChI=1S/C15H30N2O3/c1-4-17(12-13-8-7-11-20-13)10-6-5-9-15(2,16)14(18)19-3/h13H,4-12,16H2,1-3H3. The van der Waals surface area contributed by atoms with Crippen molar-refractivity contribution in [3.8, 4) is 0 Å². The summed E-state index contributed by atoms with van der Waals surface area (Å²) in [7, 11) is 1.38. The van der Waals surface area contributed by atoms with Crippen LogP contribution < -0.4 is 5.73 Å². The van der Waals surface area contributed by atoms with Crippen LogP contribution in [0.1, 0.15) is 46.0 Å². The van der Waals surface area contributed by atoms with Crippen LogP contribution in [0.2, 0.25) is 0 Å². The third kappa shape index (κ3) is 5.77. The number of carbonyl (C=O) groups is 1. The first-order valence-corrected chi connectivity index (χ1v) is 7.71. The molecule has 1 fully saturated rings. The van der Waals surface area contributed by atoms with Crippen LogP contribution in [0.15, 0.2) is 0 Å². The molecule has 0 aromatic rings. The number of ether oxygens (including phenoxy) is 2. The highest BCUT2D eigenvalue weighted by Crippen LogP contribution is 2.15. The normalized spacial score (nSPS) is 21.9. The van der Waals surface area contributed by atoms with Crippen molar-refractivity contribution in [1.29, 1.82) is 0 Å². The first-order chi connectivity index (χ1) is 9.49. The van der Waals surface area contributed by atoms with Gasteiger partial charge in [0, 0.05) is 13.2 Å². The average molecular weight is 286 g/mol. The van der Waals surface area contributed by atoms with Crippen molar-refractivity contribution in [2.24, 2.45) is 5.73 Å². The fraction of sp³-hybridized carbons (Fsp3) is 0.933. The number of nitrogens with two attached hydrogens (primary N) is 1. The lowest BCUT2D eigenvalue weighted by atomic mass is 9.96. The van der Waals surface area contributed by atoms with Gasteiger partial charge in [-0.2, -0.15) is 0 Å². The molecule has 0 radical (unpaired) electrons. The van der Waals surface area contributed by atoms with Gasteiger partial charge >= 0.3 is 5.97 Å². The maximum atomic E-state index is 11.5. The van der Waals surface area contributed by atoms with E-state index in [2.05, 4.69) is 11.8 Å². The molecule has 0 aromatic carbocycles. The highest BCUT2D eigenvalue weighted by atomic mass is 16.5. The fourth-order valence-corrected chi connectivity index (χ4v) is 2.62. The summed E-state index contributed by atoms with van der Waals surface area (Å²) < 4.78 is 10.4. The number of unbranched alkanes of at least 4 members (excludes halogenated alkanes) is 1. The zero-order valence-electron chi connectivity index (χ0n) is 13.2. The van der Waals surface area contributed by atoms with E-state index in [0.29, 0.717) is 12.5 Å². The van der Waals surface area contributed by atoms with Crippen molar-refractivity contribution < 1.29 is 14.3 Å². The molecule has 0 aromatic heterocycles. The molecule has 1 rings (SSSR count). The average Bonchev–Trinajstić information content (AvgIpc) is 2.94. The quantitative estimate of drug-likeness (QED) is 0.514. The minimum Gasteiger partial charge on any atom is -0.468 e. The molecule has 2 unspecified atom stereocenters. The second kappa shape index (κ2) is 8.60. The second-order valence-corrected chi connectivity index (χ2v) is 5.89. The van der Waals surface area contributed by atoms with Gasteiger partial charge in [-0.15, -0.1) is 0 Å². The van der Waals surface area contributed by atoms with Gasteiger partial charge in [0.15, 0.2) is 0 Å². The number of hydrogen-bond donors (Lipinski definition) is 1. The summed E-state index contributed by atoms with van der Waals surface area (Å²) in [5.41, 5.74) is 5.08. The molecule has 118 valence electrons. The van der Waals surface area contributed by atoms with Crippen LogP contribution in [-0.2, 0) is 14.3 Å². The van der Waals surface area contributed by atoms with Gasteiger partial charge in [-0.25, -0.2) is 0 Å². The molecule has 1 saturated heterocycles. The number of likely N-dealkylation sites (N-methyl/N-ethyl adjacent to an activating group) is 1. The summed E-state index contributed by atoms with van der Waals surface area (Å²) in [5, 5.41) is 0. The molecule has 0 spiro atoms. The Morgan fingerprint density at radius 3 is 2.80 bits per heavy atom. The van der Waals surface area contributed by atoms with E-state index >= 15 is 0 Å². The van der Waals surface area contributed by atoms with Crippen LogP contribution in [-0.4, -0.2) is 55.9 Å². The summed E-state index contributed by atoms with van der Waals surface area (Å²) in [6.07, 6.45) is 5.42. The molecule has 5 nitrogen and oxygen atoms in total. The SMILES string of the molecule is CCN(CCCCC(C)(N)C(=O)OC)CC1CCCO1.